The van der Waals surface area contributed by atoms with Crippen molar-refractivity contribution in [2.75, 3.05) is 13.6 Å². The van der Waals surface area contributed by atoms with Gasteiger partial charge in [-0.1, -0.05) is 0 Å². The van der Waals surface area contributed by atoms with Crippen LogP contribution in [0.2, 0.25) is 0 Å². The Morgan fingerprint density at radius 3 is 2.75 bits per heavy atom. The standard InChI is InChI=1S/C14H23N5S/c1-10(2)19-9-16-6-14(19)13(5-15)18(4)7-12-8-20-11(3)17-12/h6,8-10,13H,5,7,15H2,1-4H3. The molecule has 2 heterocycles. The predicted molar refractivity (Wildman–Crippen MR) is 82.7 cm³/mol. The van der Waals surface area contributed by atoms with Crippen molar-refractivity contribution >= 4 is 11.3 Å². The first-order chi connectivity index (χ1) is 9.52. The van der Waals surface area contributed by atoms with Gasteiger partial charge in [0.1, 0.15) is 0 Å². The fourth-order valence-corrected chi connectivity index (χ4v) is 2.98. The van der Waals surface area contributed by atoms with Crippen LogP contribution in [0, 0.1) is 6.92 Å². The summed E-state index contributed by atoms with van der Waals surface area (Å²) in [5, 5.41) is 3.21. The van der Waals surface area contributed by atoms with Crippen LogP contribution in [-0.4, -0.2) is 33.0 Å². The lowest BCUT2D eigenvalue weighted by atomic mass is 10.1. The van der Waals surface area contributed by atoms with Crippen LogP contribution >= 0.6 is 11.3 Å². The molecular formula is C14H23N5S. The highest BCUT2D eigenvalue weighted by atomic mass is 32.1. The number of rotatable bonds is 6. The lowest BCUT2D eigenvalue weighted by Gasteiger charge is -2.28. The van der Waals surface area contributed by atoms with Crippen molar-refractivity contribution < 1.29 is 0 Å². The molecule has 0 aliphatic carbocycles. The zero-order valence-corrected chi connectivity index (χ0v) is 13.4. The number of imidazole rings is 1. The van der Waals surface area contributed by atoms with Gasteiger partial charge in [0.25, 0.3) is 0 Å². The highest BCUT2D eigenvalue weighted by Crippen LogP contribution is 2.23. The van der Waals surface area contributed by atoms with Gasteiger partial charge in [-0.15, -0.1) is 11.3 Å². The van der Waals surface area contributed by atoms with Crippen molar-refractivity contribution in [2.24, 2.45) is 5.73 Å². The molecule has 0 aliphatic heterocycles. The summed E-state index contributed by atoms with van der Waals surface area (Å²) in [6, 6.07) is 0.540. The van der Waals surface area contributed by atoms with Crippen molar-refractivity contribution in [2.45, 2.75) is 39.4 Å². The van der Waals surface area contributed by atoms with E-state index < -0.39 is 0 Å². The molecule has 5 nitrogen and oxygen atoms in total. The van der Waals surface area contributed by atoms with Crippen LogP contribution in [0.4, 0.5) is 0 Å². The normalized spacial score (nSPS) is 13.3. The summed E-state index contributed by atoms with van der Waals surface area (Å²) in [6.45, 7) is 7.71. The fourth-order valence-electron chi connectivity index (χ4n) is 2.38. The Hall–Kier alpha value is -1.24. The summed E-state index contributed by atoms with van der Waals surface area (Å²) < 4.78 is 2.18. The Balaban J connectivity index is 2.16. The van der Waals surface area contributed by atoms with Gasteiger partial charge in [-0.2, -0.15) is 0 Å². The summed E-state index contributed by atoms with van der Waals surface area (Å²) in [7, 11) is 2.09. The maximum atomic E-state index is 5.99. The number of thiazole rings is 1. The van der Waals surface area contributed by atoms with Gasteiger partial charge < -0.3 is 10.3 Å². The Morgan fingerprint density at radius 1 is 1.45 bits per heavy atom. The first kappa shape index (κ1) is 15.2. The van der Waals surface area contributed by atoms with Gasteiger partial charge in [0.15, 0.2) is 0 Å². The number of hydrogen-bond donors (Lipinski definition) is 1. The predicted octanol–water partition coefficient (Wildman–Crippen LogP) is 2.36. The molecule has 0 radical (unpaired) electrons. The summed E-state index contributed by atoms with van der Waals surface area (Å²) >= 11 is 1.68. The topological polar surface area (TPSA) is 60.0 Å². The van der Waals surface area contributed by atoms with E-state index in [9.17, 15) is 0 Å². The van der Waals surface area contributed by atoms with Crippen molar-refractivity contribution in [1.29, 1.82) is 0 Å². The maximum Gasteiger partial charge on any atom is 0.0951 e. The molecule has 0 fully saturated rings. The summed E-state index contributed by atoms with van der Waals surface area (Å²) in [5.41, 5.74) is 8.26. The van der Waals surface area contributed by atoms with Crippen LogP contribution < -0.4 is 5.73 Å². The van der Waals surface area contributed by atoms with Gasteiger partial charge >= 0.3 is 0 Å². The van der Waals surface area contributed by atoms with E-state index in [1.807, 2.05) is 19.4 Å². The molecule has 6 heteroatoms. The number of hydrogen-bond acceptors (Lipinski definition) is 5. The van der Waals surface area contributed by atoms with Gasteiger partial charge in [0, 0.05) is 30.7 Å². The quantitative estimate of drug-likeness (QED) is 0.888. The SMILES string of the molecule is Cc1nc(CN(C)C(CN)c2cncn2C(C)C)cs1. The van der Waals surface area contributed by atoms with Gasteiger partial charge in [-0.05, 0) is 27.8 Å². The van der Waals surface area contributed by atoms with Crippen molar-refractivity contribution in [3.63, 3.8) is 0 Å². The second-order valence-corrected chi connectivity index (χ2v) is 6.41. The van der Waals surface area contributed by atoms with Crippen LogP contribution in [0.1, 0.15) is 42.3 Å². The van der Waals surface area contributed by atoms with E-state index in [1.54, 1.807) is 11.3 Å². The molecule has 2 aromatic heterocycles. The zero-order chi connectivity index (χ0) is 14.7. The van der Waals surface area contributed by atoms with E-state index in [0.29, 0.717) is 12.6 Å². The summed E-state index contributed by atoms with van der Waals surface area (Å²) in [4.78, 5) is 11.0. The van der Waals surface area contributed by atoms with Crippen LogP contribution in [0.25, 0.3) is 0 Å². The summed E-state index contributed by atoms with van der Waals surface area (Å²) in [6.07, 6.45) is 3.80. The Kier molecular flexibility index (Phi) is 4.91. The minimum Gasteiger partial charge on any atom is -0.331 e. The molecule has 0 saturated carbocycles. The molecule has 0 spiro atoms. The van der Waals surface area contributed by atoms with E-state index in [-0.39, 0.29) is 6.04 Å². The molecular weight excluding hydrogens is 270 g/mol. The maximum absolute atomic E-state index is 5.99. The van der Waals surface area contributed by atoms with Crippen molar-refractivity contribution in [1.82, 2.24) is 19.4 Å². The van der Waals surface area contributed by atoms with E-state index in [4.69, 9.17) is 5.73 Å². The molecule has 0 amide bonds. The van der Waals surface area contributed by atoms with Crippen LogP contribution in [0.15, 0.2) is 17.9 Å². The van der Waals surface area contributed by atoms with E-state index >= 15 is 0 Å². The first-order valence-electron chi connectivity index (χ1n) is 6.86. The van der Waals surface area contributed by atoms with Crippen molar-refractivity contribution in [3.8, 4) is 0 Å². The number of nitrogens with zero attached hydrogens (tertiary/aromatic N) is 4. The lowest BCUT2D eigenvalue weighted by molar-refractivity contribution is 0.228. The molecule has 20 heavy (non-hydrogen) atoms. The average molecular weight is 293 g/mol. The minimum atomic E-state index is 0.155. The zero-order valence-electron chi connectivity index (χ0n) is 12.6. The molecule has 0 bridgehead atoms. The number of aromatic nitrogens is 3. The van der Waals surface area contributed by atoms with Crippen LogP contribution in [-0.2, 0) is 6.54 Å². The van der Waals surface area contributed by atoms with E-state index in [1.165, 1.54) is 0 Å². The number of nitrogens with two attached hydrogens (primary N) is 1. The third-order valence-corrected chi connectivity index (χ3v) is 4.25. The third-order valence-electron chi connectivity index (χ3n) is 3.43. The lowest BCUT2D eigenvalue weighted by Crippen LogP contribution is -2.32. The minimum absolute atomic E-state index is 0.155. The first-order valence-corrected chi connectivity index (χ1v) is 7.74. The molecule has 0 aromatic carbocycles. The molecule has 2 N–H and O–H groups in total. The Labute approximate surface area is 124 Å². The molecule has 2 rings (SSSR count). The molecule has 0 saturated heterocycles. The largest absolute Gasteiger partial charge is 0.331 e. The molecule has 0 aliphatic rings. The van der Waals surface area contributed by atoms with Gasteiger partial charge in [0.2, 0.25) is 0 Å². The second-order valence-electron chi connectivity index (χ2n) is 5.34. The smallest absolute Gasteiger partial charge is 0.0951 e. The van der Waals surface area contributed by atoms with E-state index in [2.05, 4.69) is 45.7 Å². The van der Waals surface area contributed by atoms with Gasteiger partial charge in [-0.3, -0.25) is 4.90 Å². The highest BCUT2D eigenvalue weighted by Gasteiger charge is 2.21. The van der Waals surface area contributed by atoms with E-state index in [0.717, 1.165) is 22.9 Å². The second kappa shape index (κ2) is 6.47. The molecule has 1 unspecified atom stereocenters. The summed E-state index contributed by atoms with van der Waals surface area (Å²) in [5.74, 6) is 0. The molecule has 2 aromatic rings. The van der Waals surface area contributed by atoms with Gasteiger partial charge in [-0.25, -0.2) is 9.97 Å². The van der Waals surface area contributed by atoms with Gasteiger partial charge in [0.05, 0.1) is 28.8 Å². The fraction of sp³-hybridized carbons (Fsp3) is 0.571. The molecule has 1 atom stereocenters. The van der Waals surface area contributed by atoms with Crippen molar-refractivity contribution in [3.05, 3.63) is 34.3 Å². The monoisotopic (exact) mass is 293 g/mol. The number of aryl methyl sites for hydroxylation is 1. The highest BCUT2D eigenvalue weighted by molar-refractivity contribution is 7.09. The number of likely N-dealkylation sites (N-methyl/N-ethyl adjacent to an activating group) is 1. The third kappa shape index (κ3) is 3.26. The Bertz CT molecular complexity index is 545. The van der Waals surface area contributed by atoms with Crippen LogP contribution in [0.3, 0.4) is 0 Å². The molecule has 110 valence electrons. The van der Waals surface area contributed by atoms with Crippen LogP contribution in [0.5, 0.6) is 0 Å². The average Bonchev–Trinajstić information content (AvgIpc) is 3.00. The Morgan fingerprint density at radius 2 is 2.20 bits per heavy atom.